The normalized spacial score (nSPS) is 14.0. The van der Waals surface area contributed by atoms with Gasteiger partial charge in [-0.25, -0.2) is 0 Å². The van der Waals surface area contributed by atoms with Crippen molar-refractivity contribution in [2.24, 2.45) is 0 Å². The maximum Gasteiger partial charge on any atom is 0.254 e. The van der Waals surface area contributed by atoms with Gasteiger partial charge >= 0.3 is 0 Å². The molecule has 1 amide bonds. The predicted octanol–water partition coefficient (Wildman–Crippen LogP) is 2.88. The molecule has 1 heterocycles. The molecule has 0 fully saturated rings. The number of ketones is 1. The van der Waals surface area contributed by atoms with Crippen LogP contribution in [0.3, 0.4) is 0 Å². The monoisotopic (exact) mass is 279 g/mol. The van der Waals surface area contributed by atoms with Gasteiger partial charge in [0.25, 0.3) is 5.91 Å². The first kappa shape index (κ1) is 13.6. The minimum Gasteiger partial charge on any atom is -0.331 e. The molecule has 106 valence electrons. The second-order valence-corrected chi connectivity index (χ2v) is 5.42. The first-order chi connectivity index (χ1) is 10.1. The summed E-state index contributed by atoms with van der Waals surface area (Å²) in [5.41, 5.74) is 3.57. The molecule has 0 saturated carbocycles. The van der Waals surface area contributed by atoms with E-state index in [4.69, 9.17) is 0 Å². The molecular formula is C18H17NO2. The first-order valence-electron chi connectivity index (χ1n) is 7.12. The number of hydrogen-bond acceptors (Lipinski definition) is 2. The molecule has 0 unspecified atom stereocenters. The summed E-state index contributed by atoms with van der Waals surface area (Å²) in [5, 5.41) is 0. The highest BCUT2D eigenvalue weighted by atomic mass is 16.2. The van der Waals surface area contributed by atoms with Crippen molar-refractivity contribution in [3.05, 3.63) is 70.8 Å². The summed E-state index contributed by atoms with van der Waals surface area (Å²) >= 11 is 0. The molecule has 21 heavy (non-hydrogen) atoms. The third kappa shape index (κ3) is 2.72. The summed E-state index contributed by atoms with van der Waals surface area (Å²) in [4.78, 5) is 26.3. The molecule has 0 radical (unpaired) electrons. The molecule has 3 heteroatoms. The number of carbonyl (C=O) groups is 2. The van der Waals surface area contributed by atoms with Crippen molar-refractivity contribution in [2.75, 3.05) is 13.1 Å². The number of carbonyl (C=O) groups excluding carboxylic acids is 2. The molecule has 3 nitrogen and oxygen atoms in total. The Morgan fingerprint density at radius 1 is 1.10 bits per heavy atom. The summed E-state index contributed by atoms with van der Waals surface area (Å²) in [7, 11) is 0. The van der Waals surface area contributed by atoms with Gasteiger partial charge in [-0.15, -0.1) is 0 Å². The number of benzene rings is 2. The molecule has 3 rings (SSSR count). The van der Waals surface area contributed by atoms with Crippen LogP contribution in [0.1, 0.15) is 31.8 Å². The number of rotatable bonds is 3. The predicted molar refractivity (Wildman–Crippen MR) is 81.6 cm³/mol. The van der Waals surface area contributed by atoms with Crippen molar-refractivity contribution < 1.29 is 9.59 Å². The number of nitrogens with zero attached hydrogens (tertiary/aromatic N) is 1. The summed E-state index contributed by atoms with van der Waals surface area (Å²) < 4.78 is 0. The van der Waals surface area contributed by atoms with Gasteiger partial charge in [-0.1, -0.05) is 48.0 Å². The highest BCUT2D eigenvalue weighted by molar-refractivity contribution is 6.03. The summed E-state index contributed by atoms with van der Waals surface area (Å²) in [6.07, 6.45) is 0.809. The van der Waals surface area contributed by atoms with Crippen LogP contribution in [0, 0.1) is 6.92 Å². The fourth-order valence-electron chi connectivity index (χ4n) is 2.63. The average Bonchev–Trinajstić information content (AvgIpc) is 2.51. The maximum atomic E-state index is 12.4. The number of fused-ring (bicyclic) bond motifs is 1. The molecule has 2 aromatic rings. The zero-order valence-corrected chi connectivity index (χ0v) is 12.0. The highest BCUT2D eigenvalue weighted by Crippen LogP contribution is 2.19. The standard InChI is InChI=1S/C18H17NO2/c1-13-6-8-15(9-7-13)17(20)12-19-11-10-14-4-2-3-5-16(14)18(19)21/h2-9H,10-12H2,1H3. The van der Waals surface area contributed by atoms with Crippen molar-refractivity contribution in [1.82, 2.24) is 4.90 Å². The number of Topliss-reactive ketones (excluding diaryl/α,β-unsaturated/α-hetero) is 1. The Balaban J connectivity index is 1.76. The summed E-state index contributed by atoms with van der Waals surface area (Å²) in [6.45, 7) is 2.74. The SMILES string of the molecule is Cc1ccc(C(=O)CN2CCc3ccccc3C2=O)cc1. The van der Waals surface area contributed by atoms with Gasteiger partial charge in [0.15, 0.2) is 5.78 Å². The fourth-order valence-corrected chi connectivity index (χ4v) is 2.63. The summed E-state index contributed by atoms with van der Waals surface area (Å²) in [6, 6.07) is 15.1. The van der Waals surface area contributed by atoms with E-state index in [2.05, 4.69) is 0 Å². The van der Waals surface area contributed by atoms with Crippen molar-refractivity contribution >= 4 is 11.7 Å². The third-order valence-corrected chi connectivity index (χ3v) is 3.89. The lowest BCUT2D eigenvalue weighted by Crippen LogP contribution is -2.40. The van der Waals surface area contributed by atoms with Gasteiger partial charge in [-0.2, -0.15) is 0 Å². The Bertz CT molecular complexity index is 689. The van der Waals surface area contributed by atoms with E-state index in [1.807, 2.05) is 55.5 Å². The van der Waals surface area contributed by atoms with Crippen LogP contribution in [0.25, 0.3) is 0 Å². The van der Waals surface area contributed by atoms with E-state index < -0.39 is 0 Å². The smallest absolute Gasteiger partial charge is 0.254 e. The van der Waals surface area contributed by atoms with E-state index in [9.17, 15) is 9.59 Å². The Morgan fingerprint density at radius 2 is 1.81 bits per heavy atom. The largest absolute Gasteiger partial charge is 0.331 e. The van der Waals surface area contributed by atoms with E-state index in [-0.39, 0.29) is 18.2 Å². The van der Waals surface area contributed by atoms with Gasteiger partial charge in [0.2, 0.25) is 0 Å². The first-order valence-corrected chi connectivity index (χ1v) is 7.12. The zero-order valence-electron chi connectivity index (χ0n) is 12.0. The second-order valence-electron chi connectivity index (χ2n) is 5.42. The van der Waals surface area contributed by atoms with E-state index in [0.29, 0.717) is 12.1 Å². The molecule has 0 aliphatic carbocycles. The van der Waals surface area contributed by atoms with Crippen LogP contribution in [0.15, 0.2) is 48.5 Å². The molecule has 1 aliphatic heterocycles. The Kier molecular flexibility index (Phi) is 3.57. The molecule has 2 aromatic carbocycles. The van der Waals surface area contributed by atoms with Gasteiger partial charge in [0, 0.05) is 17.7 Å². The van der Waals surface area contributed by atoms with Crippen LogP contribution in [-0.2, 0) is 6.42 Å². The molecular weight excluding hydrogens is 262 g/mol. The number of amides is 1. The van der Waals surface area contributed by atoms with Crippen molar-refractivity contribution in [2.45, 2.75) is 13.3 Å². The van der Waals surface area contributed by atoms with E-state index >= 15 is 0 Å². The van der Waals surface area contributed by atoms with Crippen LogP contribution in [-0.4, -0.2) is 29.7 Å². The van der Waals surface area contributed by atoms with Crippen molar-refractivity contribution in [3.63, 3.8) is 0 Å². The average molecular weight is 279 g/mol. The minimum absolute atomic E-state index is 0.0114. The van der Waals surface area contributed by atoms with Crippen LogP contribution in [0.5, 0.6) is 0 Å². The molecule has 0 aromatic heterocycles. The molecule has 0 saturated heterocycles. The minimum atomic E-state index is -0.0442. The molecule has 0 N–H and O–H groups in total. The third-order valence-electron chi connectivity index (χ3n) is 3.89. The van der Waals surface area contributed by atoms with Crippen LogP contribution in [0.4, 0.5) is 0 Å². The number of hydrogen-bond donors (Lipinski definition) is 0. The zero-order chi connectivity index (χ0) is 14.8. The van der Waals surface area contributed by atoms with Crippen LogP contribution < -0.4 is 0 Å². The molecule has 0 bridgehead atoms. The van der Waals surface area contributed by atoms with Crippen molar-refractivity contribution in [1.29, 1.82) is 0 Å². The molecule has 1 aliphatic rings. The van der Waals surface area contributed by atoms with Gasteiger partial charge < -0.3 is 4.90 Å². The topological polar surface area (TPSA) is 37.4 Å². The summed E-state index contributed by atoms with van der Waals surface area (Å²) in [5.74, 6) is -0.0555. The van der Waals surface area contributed by atoms with E-state index in [1.165, 1.54) is 0 Å². The maximum absolute atomic E-state index is 12.4. The molecule has 0 atom stereocenters. The van der Waals surface area contributed by atoms with Gasteiger partial charge in [-0.3, -0.25) is 9.59 Å². The van der Waals surface area contributed by atoms with Gasteiger partial charge in [0.1, 0.15) is 0 Å². The van der Waals surface area contributed by atoms with E-state index in [1.54, 1.807) is 4.90 Å². The Hall–Kier alpha value is -2.42. The Labute approximate surface area is 124 Å². The second kappa shape index (κ2) is 5.52. The number of aryl methyl sites for hydroxylation is 1. The van der Waals surface area contributed by atoms with Crippen LogP contribution >= 0.6 is 0 Å². The molecule has 0 spiro atoms. The van der Waals surface area contributed by atoms with Crippen LogP contribution in [0.2, 0.25) is 0 Å². The van der Waals surface area contributed by atoms with Gasteiger partial charge in [-0.05, 0) is 25.0 Å². The highest BCUT2D eigenvalue weighted by Gasteiger charge is 2.25. The lowest BCUT2D eigenvalue weighted by atomic mass is 9.98. The Morgan fingerprint density at radius 3 is 2.57 bits per heavy atom. The van der Waals surface area contributed by atoms with E-state index in [0.717, 1.165) is 23.1 Å². The lowest BCUT2D eigenvalue weighted by Gasteiger charge is -2.28. The van der Waals surface area contributed by atoms with Crippen molar-refractivity contribution in [3.8, 4) is 0 Å². The quantitative estimate of drug-likeness (QED) is 0.810. The fraction of sp³-hybridized carbons (Fsp3) is 0.222. The lowest BCUT2D eigenvalue weighted by molar-refractivity contribution is 0.0696. The van der Waals surface area contributed by atoms with Gasteiger partial charge in [0.05, 0.1) is 6.54 Å².